The highest BCUT2D eigenvalue weighted by atomic mass is 79.9. The molecule has 9 nitrogen and oxygen atoms in total. The summed E-state index contributed by atoms with van der Waals surface area (Å²) >= 11 is 6.92. The number of imide groups is 1. The van der Waals surface area contributed by atoms with Gasteiger partial charge in [-0.15, -0.1) is 0 Å². The normalized spacial score (nSPS) is 18.8. The van der Waals surface area contributed by atoms with Crippen molar-refractivity contribution in [3.05, 3.63) is 95.9 Å². The minimum atomic E-state index is -1.16. The summed E-state index contributed by atoms with van der Waals surface area (Å²) in [5, 5.41) is 11.2. The van der Waals surface area contributed by atoms with Gasteiger partial charge in [-0.1, -0.05) is 31.9 Å². The maximum absolute atomic E-state index is 13.6. The van der Waals surface area contributed by atoms with E-state index in [1.807, 2.05) is 19.1 Å². The number of hydrogen-bond donors (Lipinski definition) is 0. The Hall–Kier alpha value is -3.57. The maximum atomic E-state index is 13.6. The van der Waals surface area contributed by atoms with Gasteiger partial charge < -0.3 is 9.64 Å². The zero-order valence-electron chi connectivity index (χ0n) is 18.9. The molecule has 2 aliphatic rings. The van der Waals surface area contributed by atoms with E-state index in [-0.39, 0.29) is 16.8 Å². The predicted molar refractivity (Wildman–Crippen MR) is 137 cm³/mol. The Kier molecular flexibility index (Phi) is 5.92. The molecular weight excluding hydrogens is 598 g/mol. The number of rotatable bonds is 5. The second-order valence-electron chi connectivity index (χ2n) is 8.38. The highest BCUT2D eigenvalue weighted by Crippen LogP contribution is 2.47. The SMILES string of the molecule is COc1ccc(Br)cc1[C@@H]1[C@H](N2C(=O)c3ccc([N+](=O)[O-])cc3C2=O)C(=O)N1c1ccc(Br)c(C)c1. The lowest BCUT2D eigenvalue weighted by molar-refractivity contribution is -0.384. The van der Waals surface area contributed by atoms with Crippen LogP contribution in [0.1, 0.15) is 37.9 Å². The summed E-state index contributed by atoms with van der Waals surface area (Å²) in [5.41, 5.74) is 1.71. The first-order chi connectivity index (χ1) is 17.1. The Morgan fingerprint density at radius 2 is 1.61 bits per heavy atom. The predicted octanol–water partition coefficient (Wildman–Crippen LogP) is 5.19. The average molecular weight is 615 g/mol. The monoisotopic (exact) mass is 613 g/mol. The number of carbonyl (C=O) groups is 3. The highest BCUT2D eigenvalue weighted by Gasteiger charge is 2.58. The third-order valence-electron chi connectivity index (χ3n) is 6.39. The molecule has 1 saturated heterocycles. The van der Waals surface area contributed by atoms with Crippen molar-refractivity contribution in [2.75, 3.05) is 12.0 Å². The zero-order valence-corrected chi connectivity index (χ0v) is 22.1. The average Bonchev–Trinajstić information content (AvgIpc) is 3.09. The van der Waals surface area contributed by atoms with Gasteiger partial charge in [0.2, 0.25) is 0 Å². The molecule has 5 rings (SSSR count). The molecule has 2 heterocycles. The quantitative estimate of drug-likeness (QED) is 0.169. The molecule has 36 heavy (non-hydrogen) atoms. The molecule has 3 amide bonds. The number of benzene rings is 3. The number of hydrogen-bond acceptors (Lipinski definition) is 6. The minimum absolute atomic E-state index is 0.0243. The Labute approximate surface area is 222 Å². The highest BCUT2D eigenvalue weighted by molar-refractivity contribution is 9.10. The van der Waals surface area contributed by atoms with Crippen LogP contribution in [0.15, 0.2) is 63.5 Å². The van der Waals surface area contributed by atoms with E-state index in [4.69, 9.17) is 4.74 Å². The van der Waals surface area contributed by atoms with Crippen LogP contribution >= 0.6 is 31.9 Å². The number of non-ortho nitro benzene ring substituents is 1. The van der Waals surface area contributed by atoms with Gasteiger partial charge >= 0.3 is 0 Å². The molecule has 182 valence electrons. The second-order valence-corrected chi connectivity index (χ2v) is 10.2. The fourth-order valence-electron chi connectivity index (χ4n) is 4.65. The van der Waals surface area contributed by atoms with E-state index < -0.39 is 34.7 Å². The molecule has 0 aromatic heterocycles. The van der Waals surface area contributed by atoms with Crippen LogP contribution < -0.4 is 9.64 Å². The zero-order chi connectivity index (χ0) is 25.9. The molecule has 0 aliphatic carbocycles. The van der Waals surface area contributed by atoms with Crippen molar-refractivity contribution in [1.82, 2.24) is 4.90 Å². The van der Waals surface area contributed by atoms with Crippen LogP contribution in [-0.4, -0.2) is 40.7 Å². The van der Waals surface area contributed by atoms with Crippen LogP contribution in [-0.2, 0) is 4.79 Å². The summed E-state index contributed by atoms with van der Waals surface area (Å²) in [6.45, 7) is 1.89. The first kappa shape index (κ1) is 24.1. The Morgan fingerprint density at radius 1 is 0.889 bits per heavy atom. The molecule has 3 aromatic rings. The molecule has 1 fully saturated rings. The van der Waals surface area contributed by atoms with Crippen molar-refractivity contribution in [1.29, 1.82) is 0 Å². The van der Waals surface area contributed by atoms with Crippen molar-refractivity contribution >= 4 is 61.0 Å². The van der Waals surface area contributed by atoms with E-state index in [9.17, 15) is 24.5 Å². The molecule has 0 radical (unpaired) electrons. The van der Waals surface area contributed by atoms with E-state index >= 15 is 0 Å². The Bertz CT molecular complexity index is 1490. The number of carbonyl (C=O) groups excluding carboxylic acids is 3. The van der Waals surface area contributed by atoms with Gasteiger partial charge in [-0.2, -0.15) is 0 Å². The molecule has 3 aromatic carbocycles. The number of aryl methyl sites for hydroxylation is 1. The molecule has 2 atom stereocenters. The van der Waals surface area contributed by atoms with Gasteiger partial charge in [0.1, 0.15) is 11.8 Å². The summed E-state index contributed by atoms with van der Waals surface area (Å²) < 4.78 is 7.15. The molecule has 0 saturated carbocycles. The number of halogens is 2. The van der Waals surface area contributed by atoms with Crippen LogP contribution in [0.25, 0.3) is 0 Å². The number of β-lactam (4-membered cyclic amide) rings is 1. The lowest BCUT2D eigenvalue weighted by Crippen LogP contribution is -2.67. The maximum Gasteiger partial charge on any atom is 0.270 e. The first-order valence-electron chi connectivity index (χ1n) is 10.7. The Morgan fingerprint density at radius 3 is 2.28 bits per heavy atom. The molecule has 0 spiro atoms. The first-order valence-corrected chi connectivity index (χ1v) is 12.3. The van der Waals surface area contributed by atoms with E-state index in [1.54, 1.807) is 24.3 Å². The van der Waals surface area contributed by atoms with Gasteiger partial charge in [0.05, 0.1) is 29.2 Å². The largest absolute Gasteiger partial charge is 0.496 e. The van der Waals surface area contributed by atoms with Crippen molar-refractivity contribution in [3.63, 3.8) is 0 Å². The van der Waals surface area contributed by atoms with Gasteiger partial charge in [-0.25, -0.2) is 0 Å². The molecule has 2 aliphatic heterocycles. The number of ether oxygens (including phenoxy) is 1. The van der Waals surface area contributed by atoms with Crippen molar-refractivity contribution in [2.24, 2.45) is 0 Å². The van der Waals surface area contributed by atoms with E-state index in [0.29, 0.717) is 17.0 Å². The lowest BCUT2D eigenvalue weighted by Gasteiger charge is -2.50. The molecule has 0 N–H and O–H groups in total. The summed E-state index contributed by atoms with van der Waals surface area (Å²) in [7, 11) is 1.50. The number of nitrogens with zero attached hydrogens (tertiary/aromatic N) is 3. The van der Waals surface area contributed by atoms with Crippen LogP contribution in [0.2, 0.25) is 0 Å². The van der Waals surface area contributed by atoms with Crippen LogP contribution in [0.5, 0.6) is 5.75 Å². The fourth-order valence-corrected chi connectivity index (χ4v) is 5.28. The van der Waals surface area contributed by atoms with Gasteiger partial charge in [0, 0.05) is 32.3 Å². The minimum Gasteiger partial charge on any atom is -0.496 e. The van der Waals surface area contributed by atoms with Crippen LogP contribution in [0.3, 0.4) is 0 Å². The number of methoxy groups -OCH3 is 1. The second kappa shape index (κ2) is 8.82. The van der Waals surface area contributed by atoms with Crippen LogP contribution in [0.4, 0.5) is 11.4 Å². The summed E-state index contributed by atoms with van der Waals surface area (Å²) in [6.07, 6.45) is 0. The van der Waals surface area contributed by atoms with Crippen molar-refractivity contribution < 1.29 is 24.0 Å². The number of amides is 3. The van der Waals surface area contributed by atoms with E-state index in [1.165, 1.54) is 24.1 Å². The molecular formula is C25H17Br2N3O6. The Balaban J connectivity index is 1.64. The van der Waals surface area contributed by atoms with Gasteiger partial charge in [-0.3, -0.25) is 29.4 Å². The van der Waals surface area contributed by atoms with Gasteiger partial charge in [-0.05, 0) is 55.0 Å². The smallest absolute Gasteiger partial charge is 0.270 e. The van der Waals surface area contributed by atoms with Gasteiger partial charge in [0.15, 0.2) is 0 Å². The third kappa shape index (κ3) is 3.61. The fraction of sp³-hybridized carbons (Fsp3) is 0.160. The topological polar surface area (TPSA) is 110 Å². The molecule has 0 unspecified atom stereocenters. The number of nitro benzene ring substituents is 1. The van der Waals surface area contributed by atoms with E-state index in [0.717, 1.165) is 25.5 Å². The number of nitro groups is 1. The number of anilines is 1. The van der Waals surface area contributed by atoms with Crippen molar-refractivity contribution in [3.8, 4) is 5.75 Å². The summed E-state index contributed by atoms with van der Waals surface area (Å²) in [4.78, 5) is 53.4. The summed E-state index contributed by atoms with van der Waals surface area (Å²) in [5.74, 6) is -1.39. The number of fused-ring (bicyclic) bond motifs is 1. The lowest BCUT2D eigenvalue weighted by atomic mass is 9.85. The molecule has 11 heteroatoms. The standard InChI is InChI=1S/C25H17Br2N3O6/c1-12-9-14(5-7-19(12)27)28-21(18-10-13(26)3-8-20(18)36-2)22(25(28)33)29-23(31)16-6-4-15(30(34)35)11-17(16)24(29)32/h3-11,21-22H,1-2H3/t21-,22+/m1/s1. The summed E-state index contributed by atoms with van der Waals surface area (Å²) in [6, 6.07) is 12.3. The molecule has 0 bridgehead atoms. The van der Waals surface area contributed by atoms with Crippen LogP contribution in [0, 0.1) is 17.0 Å². The van der Waals surface area contributed by atoms with E-state index in [2.05, 4.69) is 31.9 Å². The van der Waals surface area contributed by atoms with Gasteiger partial charge in [0.25, 0.3) is 23.4 Å². The third-order valence-corrected chi connectivity index (χ3v) is 7.77. The van der Waals surface area contributed by atoms with Crippen molar-refractivity contribution in [2.45, 2.75) is 19.0 Å².